The predicted octanol–water partition coefficient (Wildman–Crippen LogP) is 7.70. The first-order chi connectivity index (χ1) is 19.0. The summed E-state index contributed by atoms with van der Waals surface area (Å²) in [5, 5.41) is 0.686. The molecular formula is C32H45Cl3N4O2. The van der Waals surface area contributed by atoms with Crippen LogP contribution in [0.25, 0.3) is 11.0 Å². The molecule has 0 saturated carbocycles. The third-order valence-electron chi connectivity index (χ3n) is 8.59. The number of hydrogen-bond donors (Lipinski definition) is 0. The third-order valence-corrected chi connectivity index (χ3v) is 8.84. The van der Waals surface area contributed by atoms with Gasteiger partial charge in [-0.25, -0.2) is 4.98 Å². The van der Waals surface area contributed by atoms with E-state index in [0.717, 1.165) is 73.5 Å². The molecule has 0 radical (unpaired) electrons. The fourth-order valence-electron chi connectivity index (χ4n) is 6.21. The van der Waals surface area contributed by atoms with Crippen molar-refractivity contribution in [3.63, 3.8) is 0 Å². The Labute approximate surface area is 262 Å². The molecule has 2 fully saturated rings. The van der Waals surface area contributed by atoms with E-state index in [4.69, 9.17) is 21.3 Å². The average molecular weight is 624 g/mol. The summed E-state index contributed by atoms with van der Waals surface area (Å²) >= 11 is 6.03. The number of piperidine rings is 2. The number of hydrogen-bond acceptors (Lipinski definition) is 4. The van der Waals surface area contributed by atoms with Crippen LogP contribution in [0.5, 0.6) is 5.75 Å². The number of aromatic nitrogens is 2. The Morgan fingerprint density at radius 3 is 2.49 bits per heavy atom. The van der Waals surface area contributed by atoms with Gasteiger partial charge in [0, 0.05) is 36.6 Å². The molecule has 5 rings (SSSR count). The SMILES string of the molecule is Cc1cccc2c1nc(COc1ccc(Cl)cc1)n2CCC(C)C(=O)N1CCCCC1CCN1CCCCC1.Cl.Cl. The molecule has 0 spiro atoms. The number of para-hydroxylation sites is 1. The van der Waals surface area contributed by atoms with E-state index in [9.17, 15) is 4.79 Å². The van der Waals surface area contributed by atoms with Crippen molar-refractivity contribution in [3.8, 4) is 5.75 Å². The lowest BCUT2D eigenvalue weighted by atomic mass is 9.95. The minimum Gasteiger partial charge on any atom is -0.486 e. The fraction of sp³-hybridized carbons (Fsp3) is 0.562. The number of aryl methyl sites for hydroxylation is 2. The maximum Gasteiger partial charge on any atom is 0.225 e. The van der Waals surface area contributed by atoms with Crippen LogP contribution in [-0.2, 0) is 17.9 Å². The lowest BCUT2D eigenvalue weighted by Gasteiger charge is -2.39. The van der Waals surface area contributed by atoms with Gasteiger partial charge >= 0.3 is 0 Å². The van der Waals surface area contributed by atoms with Crippen LogP contribution in [0, 0.1) is 12.8 Å². The average Bonchev–Trinajstić information content (AvgIpc) is 3.33. The number of ether oxygens (including phenoxy) is 1. The molecule has 2 aromatic carbocycles. The second kappa shape index (κ2) is 16.0. The second-order valence-corrected chi connectivity index (χ2v) is 11.9. The van der Waals surface area contributed by atoms with Crippen molar-refractivity contribution in [1.82, 2.24) is 19.4 Å². The van der Waals surface area contributed by atoms with Gasteiger partial charge in [-0.15, -0.1) is 24.8 Å². The fourth-order valence-corrected chi connectivity index (χ4v) is 6.33. The Morgan fingerprint density at radius 1 is 1.00 bits per heavy atom. The molecule has 1 aromatic heterocycles. The maximum absolute atomic E-state index is 13.7. The maximum atomic E-state index is 13.7. The van der Waals surface area contributed by atoms with Crippen molar-refractivity contribution in [2.75, 3.05) is 26.2 Å². The van der Waals surface area contributed by atoms with Crippen LogP contribution < -0.4 is 4.74 Å². The molecule has 0 bridgehead atoms. The van der Waals surface area contributed by atoms with Gasteiger partial charge in [-0.2, -0.15) is 0 Å². The highest BCUT2D eigenvalue weighted by molar-refractivity contribution is 6.30. The highest BCUT2D eigenvalue weighted by atomic mass is 35.5. The summed E-state index contributed by atoms with van der Waals surface area (Å²) in [4.78, 5) is 23.5. The van der Waals surface area contributed by atoms with E-state index in [1.54, 1.807) is 0 Å². The number of halogens is 3. The molecule has 6 nitrogen and oxygen atoms in total. The second-order valence-electron chi connectivity index (χ2n) is 11.4. The Balaban J connectivity index is 0.00000231. The van der Waals surface area contributed by atoms with Crippen molar-refractivity contribution in [2.45, 2.75) is 84.4 Å². The van der Waals surface area contributed by atoms with E-state index in [0.29, 0.717) is 23.6 Å². The lowest BCUT2D eigenvalue weighted by Crippen LogP contribution is -2.47. The van der Waals surface area contributed by atoms with Gasteiger partial charge < -0.3 is 19.1 Å². The summed E-state index contributed by atoms with van der Waals surface area (Å²) in [7, 11) is 0. The Morgan fingerprint density at radius 2 is 1.73 bits per heavy atom. The van der Waals surface area contributed by atoms with Gasteiger partial charge in [0.05, 0.1) is 11.0 Å². The minimum atomic E-state index is -0.0344. The Hall–Kier alpha value is -1.99. The summed E-state index contributed by atoms with van der Waals surface area (Å²) in [5.41, 5.74) is 3.25. The molecule has 3 heterocycles. The predicted molar refractivity (Wildman–Crippen MR) is 173 cm³/mol. The molecule has 9 heteroatoms. The quantitative estimate of drug-likeness (QED) is 0.232. The molecule has 2 aliphatic heterocycles. The van der Waals surface area contributed by atoms with Gasteiger partial charge in [0.1, 0.15) is 18.2 Å². The molecule has 226 valence electrons. The van der Waals surface area contributed by atoms with Crippen molar-refractivity contribution < 1.29 is 9.53 Å². The zero-order valence-corrected chi connectivity index (χ0v) is 26.8. The largest absolute Gasteiger partial charge is 0.486 e. The molecule has 41 heavy (non-hydrogen) atoms. The van der Waals surface area contributed by atoms with Crippen LogP contribution >= 0.6 is 36.4 Å². The summed E-state index contributed by atoms with van der Waals surface area (Å²) in [6.07, 6.45) is 9.39. The number of amides is 1. The monoisotopic (exact) mass is 622 g/mol. The number of benzene rings is 2. The van der Waals surface area contributed by atoms with Crippen LogP contribution in [0.3, 0.4) is 0 Å². The van der Waals surface area contributed by atoms with E-state index >= 15 is 0 Å². The summed E-state index contributed by atoms with van der Waals surface area (Å²) in [5.74, 6) is 1.93. The number of carbonyl (C=O) groups is 1. The van der Waals surface area contributed by atoms with Gasteiger partial charge in [0.2, 0.25) is 5.91 Å². The Kier molecular flexibility index (Phi) is 13.1. The highest BCUT2D eigenvalue weighted by Gasteiger charge is 2.30. The van der Waals surface area contributed by atoms with Crippen LogP contribution in [0.1, 0.15) is 69.7 Å². The Bertz CT molecular complexity index is 1240. The van der Waals surface area contributed by atoms with Gasteiger partial charge in [-0.3, -0.25) is 4.79 Å². The number of likely N-dealkylation sites (tertiary alicyclic amines) is 2. The molecule has 2 saturated heterocycles. The van der Waals surface area contributed by atoms with E-state index in [1.165, 1.54) is 38.8 Å². The smallest absolute Gasteiger partial charge is 0.225 e. The van der Waals surface area contributed by atoms with Crippen molar-refractivity contribution in [2.24, 2.45) is 5.92 Å². The summed E-state index contributed by atoms with van der Waals surface area (Å²) < 4.78 is 8.32. The molecule has 2 atom stereocenters. The van der Waals surface area contributed by atoms with Crippen LogP contribution in [0.2, 0.25) is 5.02 Å². The summed E-state index contributed by atoms with van der Waals surface area (Å²) in [6.45, 7) is 9.77. The summed E-state index contributed by atoms with van der Waals surface area (Å²) in [6, 6.07) is 14.1. The zero-order valence-electron chi connectivity index (χ0n) is 24.4. The molecule has 0 N–H and O–H groups in total. The number of nitrogens with zero attached hydrogens (tertiary/aromatic N) is 4. The van der Waals surface area contributed by atoms with Gasteiger partial charge in [-0.05, 0) is 101 Å². The van der Waals surface area contributed by atoms with E-state index in [-0.39, 0.29) is 30.7 Å². The molecule has 1 amide bonds. The zero-order chi connectivity index (χ0) is 27.2. The van der Waals surface area contributed by atoms with Crippen LogP contribution in [0.15, 0.2) is 42.5 Å². The van der Waals surface area contributed by atoms with E-state index in [1.807, 2.05) is 24.3 Å². The number of fused-ring (bicyclic) bond motifs is 1. The van der Waals surface area contributed by atoms with Gasteiger partial charge in [0.25, 0.3) is 0 Å². The standard InChI is InChI=1S/C32H43ClN4O2.2ClH/c1-24-9-8-11-29-31(24)34-30(23-39-28-14-12-26(33)13-15-28)37(29)22-16-25(2)32(38)36-20-7-4-10-27(36)17-21-35-18-5-3-6-19-35;;/h8-9,11-15,25,27H,3-7,10,16-23H2,1-2H3;2*1H. The normalized spacial score (nSPS) is 18.4. The van der Waals surface area contributed by atoms with E-state index < -0.39 is 0 Å². The van der Waals surface area contributed by atoms with Gasteiger partial charge in [0.15, 0.2) is 0 Å². The van der Waals surface area contributed by atoms with Crippen molar-refractivity contribution in [3.05, 3.63) is 58.9 Å². The highest BCUT2D eigenvalue weighted by Crippen LogP contribution is 2.26. The van der Waals surface area contributed by atoms with E-state index in [2.05, 4.69) is 46.4 Å². The number of imidazole rings is 1. The topological polar surface area (TPSA) is 50.6 Å². The van der Waals surface area contributed by atoms with Crippen molar-refractivity contribution >= 4 is 53.4 Å². The number of rotatable bonds is 10. The third kappa shape index (κ3) is 8.53. The number of carbonyl (C=O) groups excluding carboxylic acids is 1. The first-order valence-electron chi connectivity index (χ1n) is 14.9. The molecule has 3 aromatic rings. The van der Waals surface area contributed by atoms with Crippen LogP contribution in [-0.4, -0.2) is 57.5 Å². The first-order valence-corrected chi connectivity index (χ1v) is 15.2. The minimum absolute atomic E-state index is 0. The molecule has 0 aliphatic carbocycles. The lowest BCUT2D eigenvalue weighted by molar-refractivity contribution is -0.139. The molecular weight excluding hydrogens is 579 g/mol. The molecule has 2 unspecified atom stereocenters. The van der Waals surface area contributed by atoms with Crippen LogP contribution in [0.4, 0.5) is 0 Å². The van der Waals surface area contributed by atoms with Crippen molar-refractivity contribution in [1.29, 1.82) is 0 Å². The van der Waals surface area contributed by atoms with Gasteiger partial charge in [-0.1, -0.05) is 37.1 Å². The first kappa shape index (κ1) is 33.5. The molecule has 2 aliphatic rings.